The summed E-state index contributed by atoms with van der Waals surface area (Å²) in [7, 11) is -3.63. The summed E-state index contributed by atoms with van der Waals surface area (Å²) in [6.45, 7) is 3.10. The minimum absolute atomic E-state index is 0.0155. The summed E-state index contributed by atoms with van der Waals surface area (Å²) in [6.07, 6.45) is 0. The molecule has 0 radical (unpaired) electrons. The number of nitrogen functional groups attached to an aromatic ring is 2. The summed E-state index contributed by atoms with van der Waals surface area (Å²) in [5.74, 6) is -0.299. The van der Waals surface area contributed by atoms with Gasteiger partial charge in [-0.25, -0.2) is 8.42 Å². The number of hydrogen-bond donors (Lipinski definition) is 2. The SMILES string of the molecule is CC(C)S(=O)(=O)c1cc(C(=O)c2ccccc2)cc(N)c1N. The summed E-state index contributed by atoms with van der Waals surface area (Å²) in [6, 6.07) is 11.3. The maximum atomic E-state index is 12.5. The third-order valence-corrected chi connectivity index (χ3v) is 5.59. The van der Waals surface area contributed by atoms with Gasteiger partial charge in [-0.15, -0.1) is 0 Å². The summed E-state index contributed by atoms with van der Waals surface area (Å²) < 4.78 is 24.7. The highest BCUT2D eigenvalue weighted by Gasteiger charge is 2.25. The van der Waals surface area contributed by atoms with Crippen molar-refractivity contribution in [1.29, 1.82) is 0 Å². The van der Waals surface area contributed by atoms with Gasteiger partial charge in [0.15, 0.2) is 15.6 Å². The van der Waals surface area contributed by atoms with E-state index in [9.17, 15) is 13.2 Å². The Labute approximate surface area is 129 Å². The first-order chi connectivity index (χ1) is 10.2. The van der Waals surface area contributed by atoms with Crippen LogP contribution >= 0.6 is 0 Å². The molecule has 5 nitrogen and oxygen atoms in total. The third kappa shape index (κ3) is 2.82. The number of nitrogens with two attached hydrogens (primary N) is 2. The molecular weight excluding hydrogens is 300 g/mol. The van der Waals surface area contributed by atoms with Gasteiger partial charge in [-0.05, 0) is 26.0 Å². The molecule has 6 heteroatoms. The van der Waals surface area contributed by atoms with Crippen molar-refractivity contribution in [2.24, 2.45) is 0 Å². The number of carbonyl (C=O) groups excluding carboxylic acids is 1. The molecule has 0 saturated heterocycles. The third-order valence-electron chi connectivity index (χ3n) is 3.40. The van der Waals surface area contributed by atoms with Crippen LogP contribution < -0.4 is 11.5 Å². The predicted octanol–water partition coefficient (Wildman–Crippen LogP) is 2.26. The minimum atomic E-state index is -3.63. The molecule has 0 bridgehead atoms. The van der Waals surface area contributed by atoms with Crippen LogP contribution in [-0.4, -0.2) is 19.5 Å². The molecule has 2 rings (SSSR count). The van der Waals surface area contributed by atoms with Crippen molar-refractivity contribution < 1.29 is 13.2 Å². The van der Waals surface area contributed by atoms with E-state index < -0.39 is 15.1 Å². The van der Waals surface area contributed by atoms with Crippen molar-refractivity contribution in [2.45, 2.75) is 24.0 Å². The highest BCUT2D eigenvalue weighted by atomic mass is 32.2. The molecular formula is C16H18N2O3S. The number of sulfone groups is 1. The van der Waals surface area contributed by atoms with Crippen molar-refractivity contribution in [3.63, 3.8) is 0 Å². The highest BCUT2D eigenvalue weighted by molar-refractivity contribution is 7.92. The van der Waals surface area contributed by atoms with Crippen LogP contribution in [0.4, 0.5) is 11.4 Å². The van der Waals surface area contributed by atoms with E-state index in [2.05, 4.69) is 0 Å². The Balaban J connectivity index is 2.62. The van der Waals surface area contributed by atoms with Crippen LogP contribution in [-0.2, 0) is 9.84 Å². The molecule has 0 aromatic heterocycles. The zero-order chi connectivity index (χ0) is 16.5. The number of anilines is 2. The lowest BCUT2D eigenvalue weighted by atomic mass is 10.0. The Morgan fingerprint density at radius 2 is 1.59 bits per heavy atom. The maximum Gasteiger partial charge on any atom is 0.193 e. The molecule has 2 aromatic rings. The Kier molecular flexibility index (Phi) is 4.23. The van der Waals surface area contributed by atoms with Crippen molar-refractivity contribution in [3.8, 4) is 0 Å². The van der Waals surface area contributed by atoms with Crippen molar-refractivity contribution in [2.75, 3.05) is 11.5 Å². The number of benzene rings is 2. The second-order valence-corrected chi connectivity index (χ2v) is 7.74. The number of hydrogen-bond acceptors (Lipinski definition) is 5. The van der Waals surface area contributed by atoms with Gasteiger partial charge >= 0.3 is 0 Å². The van der Waals surface area contributed by atoms with Gasteiger partial charge in [-0.2, -0.15) is 0 Å². The molecule has 4 N–H and O–H groups in total. The quantitative estimate of drug-likeness (QED) is 0.665. The molecule has 0 aliphatic carbocycles. The van der Waals surface area contributed by atoms with Gasteiger partial charge in [0.25, 0.3) is 0 Å². The molecule has 0 amide bonds. The molecule has 0 aliphatic heterocycles. The lowest BCUT2D eigenvalue weighted by molar-refractivity contribution is 0.103. The zero-order valence-corrected chi connectivity index (χ0v) is 13.2. The van der Waals surface area contributed by atoms with Crippen LogP contribution in [0.25, 0.3) is 0 Å². The van der Waals surface area contributed by atoms with Gasteiger partial charge in [0.2, 0.25) is 0 Å². The number of rotatable bonds is 4. The lowest BCUT2D eigenvalue weighted by Gasteiger charge is -2.14. The van der Waals surface area contributed by atoms with E-state index in [-0.39, 0.29) is 27.6 Å². The molecule has 22 heavy (non-hydrogen) atoms. The molecule has 0 unspecified atom stereocenters. The van der Waals surface area contributed by atoms with Crippen LogP contribution in [0.2, 0.25) is 0 Å². The molecule has 0 saturated carbocycles. The first-order valence-electron chi connectivity index (χ1n) is 6.77. The Hall–Kier alpha value is -2.34. The van der Waals surface area contributed by atoms with Crippen LogP contribution in [0.3, 0.4) is 0 Å². The first kappa shape index (κ1) is 16.0. The molecule has 2 aromatic carbocycles. The minimum Gasteiger partial charge on any atom is -0.397 e. The second kappa shape index (κ2) is 5.81. The summed E-state index contributed by atoms with van der Waals surface area (Å²) in [5.41, 5.74) is 12.3. The van der Waals surface area contributed by atoms with E-state index >= 15 is 0 Å². The van der Waals surface area contributed by atoms with Gasteiger partial charge < -0.3 is 11.5 Å². The standard InChI is InChI=1S/C16H18N2O3S/c1-10(2)22(20,21)14-9-12(8-13(17)15(14)18)16(19)11-6-4-3-5-7-11/h3-10H,17-18H2,1-2H3. The highest BCUT2D eigenvalue weighted by Crippen LogP contribution is 2.30. The molecule has 0 atom stereocenters. The fourth-order valence-corrected chi connectivity index (χ4v) is 3.25. The molecule has 0 heterocycles. The van der Waals surface area contributed by atoms with Crippen molar-refractivity contribution in [1.82, 2.24) is 0 Å². The molecule has 0 fully saturated rings. The smallest absolute Gasteiger partial charge is 0.193 e. The van der Waals surface area contributed by atoms with E-state index in [1.54, 1.807) is 44.2 Å². The average Bonchev–Trinajstić information content (AvgIpc) is 2.49. The van der Waals surface area contributed by atoms with E-state index in [0.717, 1.165) is 0 Å². The van der Waals surface area contributed by atoms with Crippen molar-refractivity contribution in [3.05, 3.63) is 53.6 Å². The topological polar surface area (TPSA) is 103 Å². The van der Waals surface area contributed by atoms with Gasteiger partial charge in [0, 0.05) is 11.1 Å². The van der Waals surface area contributed by atoms with Crippen LogP contribution in [0.1, 0.15) is 29.8 Å². The fraction of sp³-hybridized carbons (Fsp3) is 0.188. The van der Waals surface area contributed by atoms with E-state index in [1.807, 2.05) is 0 Å². The number of carbonyl (C=O) groups is 1. The number of ketones is 1. The maximum absolute atomic E-state index is 12.5. The van der Waals surface area contributed by atoms with Crippen molar-refractivity contribution >= 4 is 27.0 Å². The van der Waals surface area contributed by atoms with Gasteiger partial charge in [0.05, 0.1) is 21.5 Å². The molecule has 0 spiro atoms. The Morgan fingerprint density at radius 1 is 1.00 bits per heavy atom. The largest absolute Gasteiger partial charge is 0.397 e. The Morgan fingerprint density at radius 3 is 2.14 bits per heavy atom. The van der Waals surface area contributed by atoms with Gasteiger partial charge in [-0.3, -0.25) is 4.79 Å². The summed E-state index contributed by atoms with van der Waals surface area (Å²) in [4.78, 5) is 12.4. The molecule has 0 aliphatic rings. The van der Waals surface area contributed by atoms with Crippen LogP contribution in [0, 0.1) is 0 Å². The monoisotopic (exact) mass is 318 g/mol. The predicted molar refractivity (Wildman–Crippen MR) is 87.5 cm³/mol. The first-order valence-corrected chi connectivity index (χ1v) is 8.32. The normalized spacial score (nSPS) is 11.6. The van der Waals surface area contributed by atoms with E-state index in [4.69, 9.17) is 11.5 Å². The summed E-state index contributed by atoms with van der Waals surface area (Å²) in [5, 5.41) is -0.656. The zero-order valence-electron chi connectivity index (χ0n) is 12.4. The van der Waals surface area contributed by atoms with Crippen LogP contribution in [0.5, 0.6) is 0 Å². The Bertz CT molecular complexity index is 813. The van der Waals surface area contributed by atoms with Crippen LogP contribution in [0.15, 0.2) is 47.4 Å². The van der Waals surface area contributed by atoms with Gasteiger partial charge in [0.1, 0.15) is 0 Å². The average molecular weight is 318 g/mol. The van der Waals surface area contributed by atoms with Gasteiger partial charge in [-0.1, -0.05) is 30.3 Å². The second-order valence-electron chi connectivity index (χ2n) is 5.27. The lowest BCUT2D eigenvalue weighted by Crippen LogP contribution is -2.17. The van der Waals surface area contributed by atoms with E-state index in [1.165, 1.54) is 12.1 Å². The fourth-order valence-electron chi connectivity index (χ4n) is 2.02. The molecule has 116 valence electrons. The van der Waals surface area contributed by atoms with E-state index in [0.29, 0.717) is 5.56 Å². The summed E-state index contributed by atoms with van der Waals surface area (Å²) >= 11 is 0.